The molecule has 2 amide bonds. The molecule has 0 unspecified atom stereocenters. The van der Waals surface area contributed by atoms with Crippen molar-refractivity contribution in [2.24, 2.45) is 4.99 Å². The number of guanidine groups is 1. The van der Waals surface area contributed by atoms with Crippen LogP contribution >= 0.6 is 24.0 Å². The van der Waals surface area contributed by atoms with Crippen LogP contribution < -0.4 is 21.3 Å². The van der Waals surface area contributed by atoms with Gasteiger partial charge >= 0.3 is 6.03 Å². The first-order chi connectivity index (χ1) is 13.9. The second-order valence-electron chi connectivity index (χ2n) is 7.37. The molecule has 1 aromatic heterocycles. The highest BCUT2D eigenvalue weighted by atomic mass is 127. The minimum atomic E-state index is -0.211. The lowest BCUT2D eigenvalue weighted by atomic mass is 10.1. The smallest absolute Gasteiger partial charge is 0.319 e. The third kappa shape index (κ3) is 9.02. The maximum Gasteiger partial charge on any atom is 0.319 e. The van der Waals surface area contributed by atoms with Crippen molar-refractivity contribution < 1.29 is 9.32 Å². The fraction of sp³-hybridized carbons (Fsp3) is 0.476. The first kappa shape index (κ1) is 25.7. The van der Waals surface area contributed by atoms with Crippen LogP contribution in [0.4, 0.5) is 10.5 Å². The highest BCUT2D eigenvalue weighted by Gasteiger charge is 2.08. The van der Waals surface area contributed by atoms with Crippen LogP contribution in [0.5, 0.6) is 0 Å². The summed E-state index contributed by atoms with van der Waals surface area (Å²) in [5.74, 6) is 1.81. The lowest BCUT2D eigenvalue weighted by Crippen LogP contribution is -2.36. The summed E-state index contributed by atoms with van der Waals surface area (Å²) < 4.78 is 5.35. The molecule has 0 radical (unpaired) electrons. The Morgan fingerprint density at radius 1 is 1.13 bits per heavy atom. The van der Waals surface area contributed by atoms with Gasteiger partial charge in [-0.2, -0.15) is 0 Å². The summed E-state index contributed by atoms with van der Waals surface area (Å²) in [6.07, 6.45) is 0. The third-order valence-corrected chi connectivity index (χ3v) is 3.99. The Hall–Kier alpha value is -2.30. The average Bonchev–Trinajstić information content (AvgIpc) is 3.14. The summed E-state index contributed by atoms with van der Waals surface area (Å²) >= 11 is 0. The lowest BCUT2D eigenvalue weighted by molar-refractivity contribution is 0.250. The second-order valence-corrected chi connectivity index (χ2v) is 7.37. The molecule has 8 nitrogen and oxygen atoms in total. The molecule has 1 aromatic carbocycles. The molecule has 0 saturated heterocycles. The minimum absolute atomic E-state index is 0. The van der Waals surface area contributed by atoms with Gasteiger partial charge in [-0.25, -0.2) is 9.79 Å². The molecule has 30 heavy (non-hydrogen) atoms. The number of aliphatic imine (C=N–C) groups is 1. The summed E-state index contributed by atoms with van der Waals surface area (Å²) in [5, 5.41) is 16.1. The fourth-order valence-corrected chi connectivity index (χ4v) is 2.49. The van der Waals surface area contributed by atoms with Crippen molar-refractivity contribution in [3.8, 4) is 0 Å². The number of rotatable bonds is 8. The van der Waals surface area contributed by atoms with Gasteiger partial charge in [0.15, 0.2) is 11.7 Å². The van der Waals surface area contributed by atoms with Crippen LogP contribution in [-0.2, 0) is 13.1 Å². The number of nitrogens with one attached hydrogen (secondary N) is 4. The summed E-state index contributed by atoms with van der Waals surface area (Å²) in [6.45, 7) is 11.8. The predicted octanol–water partition coefficient (Wildman–Crippen LogP) is 4.20. The fourth-order valence-electron chi connectivity index (χ4n) is 2.49. The van der Waals surface area contributed by atoms with Gasteiger partial charge in [0, 0.05) is 24.3 Å². The Morgan fingerprint density at radius 3 is 2.40 bits per heavy atom. The largest absolute Gasteiger partial charge is 0.359 e. The number of nitrogens with zero attached hydrogens (tertiary/aromatic N) is 2. The number of benzene rings is 1. The number of hydrogen-bond acceptors (Lipinski definition) is 4. The number of aromatic nitrogens is 1. The summed E-state index contributed by atoms with van der Waals surface area (Å²) in [7, 11) is 0. The van der Waals surface area contributed by atoms with Gasteiger partial charge in [0.05, 0.1) is 18.8 Å². The zero-order valence-electron chi connectivity index (χ0n) is 18.3. The zero-order chi connectivity index (χ0) is 21.2. The van der Waals surface area contributed by atoms with Crippen molar-refractivity contribution in [3.63, 3.8) is 0 Å². The summed E-state index contributed by atoms with van der Waals surface area (Å²) in [6, 6.07) is 9.47. The highest BCUT2D eigenvalue weighted by Crippen LogP contribution is 2.14. The maximum atomic E-state index is 11.7. The molecule has 166 valence electrons. The molecule has 0 bridgehead atoms. The topological polar surface area (TPSA) is 104 Å². The third-order valence-electron chi connectivity index (χ3n) is 3.99. The maximum absolute atomic E-state index is 11.7. The van der Waals surface area contributed by atoms with Crippen molar-refractivity contribution in [2.45, 2.75) is 59.7 Å². The van der Waals surface area contributed by atoms with E-state index in [1.807, 2.05) is 51.1 Å². The molecule has 0 spiro atoms. The van der Waals surface area contributed by atoms with E-state index in [-0.39, 0.29) is 36.0 Å². The van der Waals surface area contributed by atoms with Crippen LogP contribution in [0.2, 0.25) is 0 Å². The SMILES string of the molecule is CCNC(=NCc1ccc(NC(=O)NC(C)C)cc1)NCc1cc(C(C)C)no1.I. The van der Waals surface area contributed by atoms with E-state index in [4.69, 9.17) is 4.52 Å². The second kappa shape index (κ2) is 13.1. The van der Waals surface area contributed by atoms with Gasteiger partial charge in [-0.3, -0.25) is 0 Å². The molecular formula is C21H33IN6O2. The quantitative estimate of drug-likeness (QED) is 0.234. The van der Waals surface area contributed by atoms with E-state index in [9.17, 15) is 4.79 Å². The number of amides is 2. The molecule has 9 heteroatoms. The number of carbonyl (C=O) groups is 1. The van der Waals surface area contributed by atoms with Crippen LogP contribution in [-0.4, -0.2) is 29.7 Å². The standard InChI is InChI=1S/C21H32N6O2.HI/c1-6-22-20(24-13-18-11-19(14(2)3)27-29-18)23-12-16-7-9-17(10-8-16)26-21(28)25-15(4)5;/h7-11,14-15H,6,12-13H2,1-5H3,(H2,22,23,24)(H2,25,26,28);1H. The van der Waals surface area contributed by atoms with E-state index in [2.05, 4.69) is 45.3 Å². The molecule has 0 aliphatic rings. The Kier molecular flexibility index (Phi) is 11.2. The van der Waals surface area contributed by atoms with Crippen LogP contribution in [0.25, 0.3) is 0 Å². The van der Waals surface area contributed by atoms with Crippen molar-refractivity contribution in [1.82, 2.24) is 21.1 Å². The van der Waals surface area contributed by atoms with Crippen LogP contribution in [0, 0.1) is 0 Å². The van der Waals surface area contributed by atoms with E-state index in [1.165, 1.54) is 0 Å². The Labute approximate surface area is 195 Å². The molecule has 4 N–H and O–H groups in total. The van der Waals surface area contributed by atoms with Gasteiger partial charge in [-0.1, -0.05) is 31.1 Å². The molecule has 0 aliphatic carbocycles. The van der Waals surface area contributed by atoms with E-state index in [0.29, 0.717) is 25.0 Å². The molecule has 1 heterocycles. The van der Waals surface area contributed by atoms with Crippen LogP contribution in [0.3, 0.4) is 0 Å². The number of urea groups is 1. The van der Waals surface area contributed by atoms with E-state index in [1.54, 1.807) is 0 Å². The van der Waals surface area contributed by atoms with E-state index in [0.717, 1.165) is 29.2 Å². The van der Waals surface area contributed by atoms with Crippen molar-refractivity contribution in [2.75, 3.05) is 11.9 Å². The molecule has 0 aliphatic heterocycles. The monoisotopic (exact) mass is 528 g/mol. The van der Waals surface area contributed by atoms with Gasteiger partial charge < -0.3 is 25.8 Å². The first-order valence-electron chi connectivity index (χ1n) is 10.0. The van der Waals surface area contributed by atoms with E-state index < -0.39 is 0 Å². The molecule has 0 fully saturated rings. The molecule has 2 aromatic rings. The van der Waals surface area contributed by atoms with Crippen LogP contribution in [0.15, 0.2) is 39.8 Å². The lowest BCUT2D eigenvalue weighted by Gasteiger charge is -2.11. The number of anilines is 1. The first-order valence-corrected chi connectivity index (χ1v) is 10.0. The number of halogens is 1. The Balaban J connectivity index is 0.00000450. The normalized spacial score (nSPS) is 11.2. The van der Waals surface area contributed by atoms with Gasteiger partial charge in [0.1, 0.15) is 0 Å². The van der Waals surface area contributed by atoms with E-state index >= 15 is 0 Å². The van der Waals surface area contributed by atoms with Gasteiger partial charge in [0.2, 0.25) is 0 Å². The molecule has 2 rings (SSSR count). The minimum Gasteiger partial charge on any atom is -0.359 e. The Morgan fingerprint density at radius 2 is 1.83 bits per heavy atom. The average molecular weight is 528 g/mol. The summed E-state index contributed by atoms with van der Waals surface area (Å²) in [5.41, 5.74) is 2.73. The molecule has 0 atom stereocenters. The van der Waals surface area contributed by atoms with Crippen molar-refractivity contribution >= 4 is 41.7 Å². The number of carbonyl (C=O) groups excluding carboxylic acids is 1. The van der Waals surface area contributed by atoms with Gasteiger partial charge in [0.25, 0.3) is 0 Å². The zero-order valence-corrected chi connectivity index (χ0v) is 20.6. The predicted molar refractivity (Wildman–Crippen MR) is 131 cm³/mol. The van der Waals surface area contributed by atoms with Gasteiger partial charge in [-0.15, -0.1) is 24.0 Å². The number of hydrogen-bond donors (Lipinski definition) is 4. The van der Waals surface area contributed by atoms with Gasteiger partial charge in [-0.05, 0) is 44.4 Å². The van der Waals surface area contributed by atoms with Crippen molar-refractivity contribution in [1.29, 1.82) is 0 Å². The highest BCUT2D eigenvalue weighted by molar-refractivity contribution is 14.0. The van der Waals surface area contributed by atoms with Crippen molar-refractivity contribution in [3.05, 3.63) is 47.3 Å². The van der Waals surface area contributed by atoms with Crippen LogP contribution in [0.1, 0.15) is 57.6 Å². The molecular weight excluding hydrogens is 495 g/mol. The molecule has 0 saturated carbocycles. The summed E-state index contributed by atoms with van der Waals surface area (Å²) in [4.78, 5) is 16.4. The Bertz CT molecular complexity index is 802.